The number of nitrogens with zero attached hydrogens (tertiary/aromatic N) is 3. The third-order valence-electron chi connectivity index (χ3n) is 4.87. The highest BCUT2D eigenvalue weighted by molar-refractivity contribution is 6.41. The zero-order chi connectivity index (χ0) is 26.2. The molecule has 0 unspecified atom stereocenters. The average Bonchev–Trinajstić information content (AvgIpc) is 2.87. The quantitative estimate of drug-likeness (QED) is 0.318. The number of benzene rings is 2. The molecule has 0 fully saturated rings. The summed E-state index contributed by atoms with van der Waals surface area (Å²) in [6.07, 6.45) is 4.37. The van der Waals surface area contributed by atoms with Gasteiger partial charge in [-0.15, -0.1) is 0 Å². The Morgan fingerprint density at radius 2 is 1.61 bits per heavy atom. The van der Waals surface area contributed by atoms with Crippen LogP contribution in [-0.2, 0) is 4.79 Å². The van der Waals surface area contributed by atoms with E-state index in [1.807, 2.05) is 6.07 Å². The van der Waals surface area contributed by atoms with Gasteiger partial charge < -0.3 is 25.4 Å². The molecule has 0 saturated heterocycles. The fourth-order valence-corrected chi connectivity index (χ4v) is 3.65. The number of ether oxygens (including phenoxy) is 2. The van der Waals surface area contributed by atoms with E-state index in [0.717, 1.165) is 0 Å². The zero-order valence-electron chi connectivity index (χ0n) is 19.9. The fraction of sp³-hybridized carbons (Fsp3) is 0.167. The van der Waals surface area contributed by atoms with Crippen molar-refractivity contribution in [1.29, 1.82) is 0 Å². The van der Waals surface area contributed by atoms with Crippen LogP contribution in [0.5, 0.6) is 11.5 Å². The Balaban J connectivity index is 1.82. The van der Waals surface area contributed by atoms with Crippen molar-refractivity contribution < 1.29 is 19.1 Å². The van der Waals surface area contributed by atoms with Crippen LogP contribution >= 0.6 is 23.2 Å². The van der Waals surface area contributed by atoms with Crippen molar-refractivity contribution in [1.82, 2.24) is 9.97 Å². The maximum absolute atomic E-state index is 13.0. The lowest BCUT2D eigenvalue weighted by Gasteiger charge is -2.20. The van der Waals surface area contributed by atoms with Crippen LogP contribution in [0.1, 0.15) is 6.92 Å². The predicted molar refractivity (Wildman–Crippen MR) is 142 cm³/mol. The molecule has 3 aromatic rings. The third-order valence-corrected chi connectivity index (χ3v) is 5.62. The van der Waals surface area contributed by atoms with Crippen LogP contribution in [0.2, 0.25) is 10.0 Å². The molecule has 10 nitrogen and oxygen atoms in total. The smallest absolute Gasteiger partial charge is 0.327 e. The Hall–Kier alpha value is -4.02. The van der Waals surface area contributed by atoms with Crippen LogP contribution in [0.15, 0.2) is 54.9 Å². The van der Waals surface area contributed by atoms with E-state index < -0.39 is 6.03 Å². The van der Waals surface area contributed by atoms with Crippen LogP contribution in [0.4, 0.5) is 33.5 Å². The molecule has 1 heterocycles. The van der Waals surface area contributed by atoms with Crippen molar-refractivity contribution in [3.63, 3.8) is 0 Å². The zero-order valence-corrected chi connectivity index (χ0v) is 21.4. The summed E-state index contributed by atoms with van der Waals surface area (Å²) < 4.78 is 10.5. The van der Waals surface area contributed by atoms with Gasteiger partial charge in [0.2, 0.25) is 5.91 Å². The van der Waals surface area contributed by atoms with Crippen LogP contribution in [0.25, 0.3) is 0 Å². The number of aromatic nitrogens is 2. The monoisotopic (exact) mass is 530 g/mol. The molecule has 0 aliphatic rings. The number of amides is 3. The number of methoxy groups -OCH3 is 2. The molecule has 3 N–H and O–H groups in total. The van der Waals surface area contributed by atoms with Gasteiger partial charge in [0.15, 0.2) is 0 Å². The molecule has 12 heteroatoms. The summed E-state index contributed by atoms with van der Waals surface area (Å²) >= 11 is 12.7. The Morgan fingerprint density at radius 3 is 2.22 bits per heavy atom. The van der Waals surface area contributed by atoms with Gasteiger partial charge in [-0.2, -0.15) is 0 Å². The second-order valence-corrected chi connectivity index (χ2v) is 7.95. The number of urea groups is 1. The van der Waals surface area contributed by atoms with Crippen molar-refractivity contribution in [3.05, 3.63) is 64.9 Å². The van der Waals surface area contributed by atoms with E-state index in [2.05, 4.69) is 25.9 Å². The summed E-state index contributed by atoms with van der Waals surface area (Å²) in [4.78, 5) is 34.6. The molecule has 0 saturated carbocycles. The van der Waals surface area contributed by atoms with Gasteiger partial charge in [-0.1, -0.05) is 41.4 Å². The second kappa shape index (κ2) is 12.1. The van der Waals surface area contributed by atoms with Crippen molar-refractivity contribution in [2.75, 3.05) is 42.1 Å². The molecule has 3 rings (SSSR count). The van der Waals surface area contributed by atoms with E-state index in [0.29, 0.717) is 17.2 Å². The lowest BCUT2D eigenvalue weighted by atomic mass is 10.2. The Labute approximate surface area is 218 Å². The van der Waals surface area contributed by atoms with Gasteiger partial charge in [-0.05, 0) is 25.1 Å². The number of allylic oxidation sites excluding steroid dienone is 1. The number of anilines is 5. The average molecular weight is 531 g/mol. The minimum Gasteiger partial charge on any atom is -0.495 e. The summed E-state index contributed by atoms with van der Waals surface area (Å²) in [5.41, 5.74) is 1.29. The standard InChI is InChI=1S/C24H24Cl2N6O4/c1-5-8-20(33)30-15-10-7-6-9-14(15)29-18-12-19(28-13-27-18)32(2)24(34)31-23-21(25)16(35-3)11-17(36-4)22(23)26/h5-13H,1-4H3,(H,30,33)(H,31,34)(H,27,28,29). The summed E-state index contributed by atoms with van der Waals surface area (Å²) in [5, 5.41) is 8.82. The first-order valence-corrected chi connectivity index (χ1v) is 11.3. The highest BCUT2D eigenvalue weighted by Gasteiger charge is 2.22. The van der Waals surface area contributed by atoms with Crippen molar-refractivity contribution in [3.8, 4) is 11.5 Å². The van der Waals surface area contributed by atoms with E-state index >= 15 is 0 Å². The van der Waals surface area contributed by atoms with Crippen molar-refractivity contribution in [2.45, 2.75) is 6.92 Å². The lowest BCUT2D eigenvalue weighted by Crippen LogP contribution is -2.32. The molecular weight excluding hydrogens is 507 g/mol. The van der Waals surface area contributed by atoms with Gasteiger partial charge in [0.05, 0.1) is 31.3 Å². The molecule has 188 valence electrons. The number of rotatable bonds is 8. The number of hydrogen-bond acceptors (Lipinski definition) is 7. The Morgan fingerprint density at radius 1 is 0.972 bits per heavy atom. The van der Waals surface area contributed by atoms with Crippen LogP contribution in [0, 0.1) is 0 Å². The molecule has 2 aromatic carbocycles. The van der Waals surface area contributed by atoms with Gasteiger partial charge in [-0.25, -0.2) is 14.8 Å². The van der Waals surface area contributed by atoms with Crippen molar-refractivity contribution >= 4 is 63.8 Å². The minimum atomic E-state index is -0.572. The minimum absolute atomic E-state index is 0.117. The number of hydrogen-bond donors (Lipinski definition) is 3. The van der Waals surface area contributed by atoms with Gasteiger partial charge >= 0.3 is 6.03 Å². The SMILES string of the molecule is CC=CC(=O)Nc1ccccc1Nc1cc(N(C)C(=O)Nc2c(Cl)c(OC)cc(OC)c2Cl)ncn1. The van der Waals surface area contributed by atoms with Crippen molar-refractivity contribution in [2.24, 2.45) is 0 Å². The number of nitrogens with one attached hydrogen (secondary N) is 3. The molecule has 36 heavy (non-hydrogen) atoms. The summed E-state index contributed by atoms with van der Waals surface area (Å²) in [6.45, 7) is 1.76. The van der Waals surface area contributed by atoms with E-state index in [1.165, 1.54) is 44.6 Å². The molecule has 0 radical (unpaired) electrons. The summed E-state index contributed by atoms with van der Waals surface area (Å²) in [7, 11) is 4.39. The predicted octanol–water partition coefficient (Wildman–Crippen LogP) is 5.73. The fourth-order valence-electron chi connectivity index (χ4n) is 3.05. The number of carbonyl (C=O) groups excluding carboxylic acids is 2. The van der Waals surface area contributed by atoms with Crippen LogP contribution < -0.4 is 30.3 Å². The number of carbonyl (C=O) groups is 2. The highest BCUT2D eigenvalue weighted by atomic mass is 35.5. The normalized spacial score (nSPS) is 10.6. The van der Waals surface area contributed by atoms with Crippen LogP contribution in [0.3, 0.4) is 0 Å². The maximum Gasteiger partial charge on any atom is 0.327 e. The molecule has 1 aromatic heterocycles. The lowest BCUT2D eigenvalue weighted by molar-refractivity contribution is -0.111. The first kappa shape index (κ1) is 26.6. The third kappa shape index (κ3) is 6.15. The van der Waals surface area contributed by atoms with E-state index in [9.17, 15) is 9.59 Å². The molecule has 0 aliphatic carbocycles. The Kier molecular flexibility index (Phi) is 8.93. The molecular formula is C24H24Cl2N6O4. The molecule has 0 atom stereocenters. The summed E-state index contributed by atoms with van der Waals surface area (Å²) in [5.74, 6) is 0.973. The van der Waals surface area contributed by atoms with E-state index in [1.54, 1.807) is 37.3 Å². The highest BCUT2D eigenvalue weighted by Crippen LogP contribution is 2.44. The summed E-state index contributed by atoms with van der Waals surface area (Å²) in [6, 6.07) is 9.66. The van der Waals surface area contributed by atoms with Gasteiger partial charge in [-0.3, -0.25) is 9.69 Å². The van der Waals surface area contributed by atoms with Gasteiger partial charge in [0, 0.05) is 19.2 Å². The molecule has 0 bridgehead atoms. The first-order valence-electron chi connectivity index (χ1n) is 10.6. The number of para-hydroxylation sites is 2. The first-order chi connectivity index (χ1) is 17.3. The molecule has 3 amide bonds. The van der Waals surface area contributed by atoms with Crippen LogP contribution in [-0.4, -0.2) is 43.2 Å². The van der Waals surface area contributed by atoms with Gasteiger partial charge in [0.25, 0.3) is 0 Å². The van der Waals surface area contributed by atoms with E-state index in [4.69, 9.17) is 32.7 Å². The van der Waals surface area contributed by atoms with Gasteiger partial charge in [0.1, 0.15) is 39.5 Å². The topological polar surface area (TPSA) is 118 Å². The Bertz CT molecular complexity index is 1270. The second-order valence-electron chi connectivity index (χ2n) is 7.19. The maximum atomic E-state index is 13.0. The molecule has 0 aliphatic heterocycles. The van der Waals surface area contributed by atoms with E-state index in [-0.39, 0.29) is 39.0 Å². The molecule has 0 spiro atoms. The number of halogens is 2. The largest absolute Gasteiger partial charge is 0.495 e.